The van der Waals surface area contributed by atoms with Gasteiger partial charge in [0.1, 0.15) is 0 Å². The number of halogens is 2. The van der Waals surface area contributed by atoms with E-state index in [1.54, 1.807) is 36.4 Å². The Morgan fingerprint density at radius 2 is 1.75 bits per heavy atom. The summed E-state index contributed by atoms with van der Waals surface area (Å²) in [7, 11) is 0. The van der Waals surface area contributed by atoms with Crippen LogP contribution in [-0.4, -0.2) is 32.2 Å². The molecule has 126 valence electrons. The van der Waals surface area contributed by atoms with Crippen molar-refractivity contribution in [2.75, 3.05) is 42.3 Å². The smallest absolute Gasteiger partial charge is 0.257 e. The number of nitrogens with one attached hydrogen (secondary N) is 1. The van der Waals surface area contributed by atoms with E-state index in [1.165, 1.54) is 0 Å². The predicted molar refractivity (Wildman–Crippen MR) is 98.3 cm³/mol. The number of nitrogen functional groups attached to an aromatic ring is 1. The molecule has 0 bridgehead atoms. The molecule has 3 N–H and O–H groups in total. The molecular weight excluding hydrogens is 349 g/mol. The van der Waals surface area contributed by atoms with E-state index in [-0.39, 0.29) is 5.91 Å². The van der Waals surface area contributed by atoms with Crippen LogP contribution in [0.1, 0.15) is 10.4 Å². The average molecular weight is 366 g/mol. The highest BCUT2D eigenvalue weighted by Crippen LogP contribution is 2.32. The van der Waals surface area contributed by atoms with Gasteiger partial charge in [-0.2, -0.15) is 0 Å². The van der Waals surface area contributed by atoms with Crippen molar-refractivity contribution in [1.29, 1.82) is 0 Å². The van der Waals surface area contributed by atoms with Crippen molar-refractivity contribution in [3.8, 4) is 0 Å². The molecule has 1 heterocycles. The fourth-order valence-electron chi connectivity index (χ4n) is 2.59. The first kappa shape index (κ1) is 16.9. The van der Waals surface area contributed by atoms with Crippen molar-refractivity contribution in [3.05, 3.63) is 52.0 Å². The highest BCUT2D eigenvalue weighted by atomic mass is 35.5. The van der Waals surface area contributed by atoms with Gasteiger partial charge in [-0.05, 0) is 36.4 Å². The number of hydrogen-bond acceptors (Lipinski definition) is 4. The van der Waals surface area contributed by atoms with E-state index in [2.05, 4.69) is 10.2 Å². The molecule has 1 aliphatic rings. The van der Waals surface area contributed by atoms with Gasteiger partial charge in [-0.1, -0.05) is 23.2 Å². The van der Waals surface area contributed by atoms with Gasteiger partial charge in [0, 0.05) is 28.8 Å². The van der Waals surface area contributed by atoms with Crippen LogP contribution in [-0.2, 0) is 4.74 Å². The van der Waals surface area contributed by atoms with Crippen LogP contribution < -0.4 is 16.0 Å². The van der Waals surface area contributed by atoms with Crippen LogP contribution >= 0.6 is 23.2 Å². The van der Waals surface area contributed by atoms with Gasteiger partial charge < -0.3 is 20.7 Å². The topological polar surface area (TPSA) is 67.6 Å². The number of anilines is 3. The standard InChI is InChI=1S/C17H17Cl2N3O2/c18-11-1-3-13(4-2-11)21-17(23)14-9-12(19)10-15(16(14)20)22-5-7-24-8-6-22/h1-4,9-10H,5-8,20H2,(H,21,23). The molecule has 3 rings (SSSR count). The lowest BCUT2D eigenvalue weighted by Crippen LogP contribution is -2.37. The summed E-state index contributed by atoms with van der Waals surface area (Å²) in [6.45, 7) is 2.67. The Balaban J connectivity index is 1.87. The fraction of sp³-hybridized carbons (Fsp3) is 0.235. The zero-order chi connectivity index (χ0) is 17.1. The van der Waals surface area contributed by atoms with Crippen LogP contribution in [0.3, 0.4) is 0 Å². The van der Waals surface area contributed by atoms with E-state index in [4.69, 9.17) is 33.7 Å². The highest BCUT2D eigenvalue weighted by Gasteiger charge is 2.20. The summed E-state index contributed by atoms with van der Waals surface area (Å²) in [4.78, 5) is 14.7. The van der Waals surface area contributed by atoms with Gasteiger partial charge in [0.05, 0.1) is 30.2 Å². The maximum atomic E-state index is 12.6. The highest BCUT2D eigenvalue weighted by molar-refractivity contribution is 6.32. The quantitative estimate of drug-likeness (QED) is 0.814. The number of hydrogen-bond donors (Lipinski definition) is 2. The lowest BCUT2D eigenvalue weighted by atomic mass is 10.1. The number of rotatable bonds is 3. The van der Waals surface area contributed by atoms with Gasteiger partial charge >= 0.3 is 0 Å². The first-order valence-corrected chi connectivity index (χ1v) is 8.29. The van der Waals surface area contributed by atoms with Gasteiger partial charge in [-0.25, -0.2) is 0 Å². The fourth-order valence-corrected chi connectivity index (χ4v) is 2.93. The zero-order valence-corrected chi connectivity index (χ0v) is 14.4. The van der Waals surface area contributed by atoms with Crippen molar-refractivity contribution in [1.82, 2.24) is 0 Å². The van der Waals surface area contributed by atoms with Crippen LogP contribution in [0.25, 0.3) is 0 Å². The number of nitrogens with zero attached hydrogens (tertiary/aromatic N) is 1. The molecular formula is C17H17Cl2N3O2. The molecule has 1 fully saturated rings. The molecule has 24 heavy (non-hydrogen) atoms. The molecule has 7 heteroatoms. The summed E-state index contributed by atoms with van der Waals surface area (Å²) in [5.74, 6) is -0.313. The molecule has 1 amide bonds. The van der Waals surface area contributed by atoms with E-state index in [0.29, 0.717) is 53.3 Å². The minimum atomic E-state index is -0.313. The van der Waals surface area contributed by atoms with Crippen molar-refractivity contribution < 1.29 is 9.53 Å². The maximum absolute atomic E-state index is 12.6. The van der Waals surface area contributed by atoms with Crippen LogP contribution in [0, 0.1) is 0 Å². The summed E-state index contributed by atoms with van der Waals surface area (Å²) < 4.78 is 5.35. The second-order valence-corrected chi connectivity index (χ2v) is 6.32. The molecule has 1 aliphatic heterocycles. The molecule has 0 radical (unpaired) electrons. The molecule has 5 nitrogen and oxygen atoms in total. The first-order chi connectivity index (χ1) is 11.5. The summed E-state index contributed by atoms with van der Waals surface area (Å²) in [5, 5.41) is 3.87. The average Bonchev–Trinajstić information content (AvgIpc) is 2.59. The minimum absolute atomic E-state index is 0.313. The number of morpholine rings is 1. The number of carbonyl (C=O) groups excluding carboxylic acids is 1. The second kappa shape index (κ2) is 7.30. The molecule has 2 aromatic rings. The first-order valence-electron chi connectivity index (χ1n) is 7.53. The molecule has 0 unspecified atom stereocenters. The summed E-state index contributed by atoms with van der Waals surface area (Å²) >= 11 is 12.1. The Labute approximate surface area is 150 Å². The van der Waals surface area contributed by atoms with Crippen LogP contribution in [0.2, 0.25) is 10.0 Å². The Morgan fingerprint density at radius 3 is 2.42 bits per heavy atom. The van der Waals surface area contributed by atoms with Gasteiger partial charge in [-0.3, -0.25) is 4.79 Å². The number of amides is 1. The monoisotopic (exact) mass is 365 g/mol. The van der Waals surface area contributed by atoms with Crippen molar-refractivity contribution in [2.24, 2.45) is 0 Å². The number of nitrogens with two attached hydrogens (primary N) is 1. The maximum Gasteiger partial charge on any atom is 0.257 e. The van der Waals surface area contributed by atoms with E-state index in [0.717, 1.165) is 5.69 Å². The van der Waals surface area contributed by atoms with Crippen molar-refractivity contribution in [2.45, 2.75) is 0 Å². The molecule has 0 saturated carbocycles. The Morgan fingerprint density at radius 1 is 1.08 bits per heavy atom. The van der Waals surface area contributed by atoms with Gasteiger partial charge in [0.25, 0.3) is 5.91 Å². The molecule has 0 aliphatic carbocycles. The van der Waals surface area contributed by atoms with Gasteiger partial charge in [0.15, 0.2) is 0 Å². The Kier molecular flexibility index (Phi) is 5.14. The van der Waals surface area contributed by atoms with Crippen molar-refractivity contribution >= 4 is 46.2 Å². The van der Waals surface area contributed by atoms with Crippen LogP contribution in [0.5, 0.6) is 0 Å². The van der Waals surface area contributed by atoms with E-state index in [1.807, 2.05) is 0 Å². The summed E-state index contributed by atoms with van der Waals surface area (Å²) in [5.41, 5.74) is 8.39. The van der Waals surface area contributed by atoms with Crippen LogP contribution in [0.15, 0.2) is 36.4 Å². The third-order valence-corrected chi connectivity index (χ3v) is 4.29. The number of carbonyl (C=O) groups is 1. The summed E-state index contributed by atoms with van der Waals surface area (Å²) in [6.07, 6.45) is 0. The second-order valence-electron chi connectivity index (χ2n) is 5.45. The third kappa shape index (κ3) is 3.75. The molecule has 2 aromatic carbocycles. The predicted octanol–water partition coefficient (Wildman–Crippen LogP) is 3.66. The van der Waals surface area contributed by atoms with E-state index >= 15 is 0 Å². The lowest BCUT2D eigenvalue weighted by Gasteiger charge is -2.30. The minimum Gasteiger partial charge on any atom is -0.396 e. The molecule has 0 spiro atoms. The molecule has 0 atom stereocenters. The van der Waals surface area contributed by atoms with Crippen LogP contribution in [0.4, 0.5) is 17.1 Å². The SMILES string of the molecule is Nc1c(C(=O)Nc2ccc(Cl)cc2)cc(Cl)cc1N1CCOCC1. The Bertz CT molecular complexity index is 744. The van der Waals surface area contributed by atoms with E-state index in [9.17, 15) is 4.79 Å². The molecule has 0 aromatic heterocycles. The normalized spacial score (nSPS) is 14.5. The lowest BCUT2D eigenvalue weighted by molar-refractivity contribution is 0.102. The zero-order valence-electron chi connectivity index (χ0n) is 12.9. The van der Waals surface area contributed by atoms with E-state index < -0.39 is 0 Å². The number of ether oxygens (including phenoxy) is 1. The molecule has 1 saturated heterocycles. The Hall–Kier alpha value is -1.95. The number of benzene rings is 2. The summed E-state index contributed by atoms with van der Waals surface area (Å²) in [6, 6.07) is 10.2. The largest absolute Gasteiger partial charge is 0.396 e. The van der Waals surface area contributed by atoms with Crippen molar-refractivity contribution in [3.63, 3.8) is 0 Å². The van der Waals surface area contributed by atoms with Gasteiger partial charge in [0.2, 0.25) is 0 Å². The van der Waals surface area contributed by atoms with Gasteiger partial charge in [-0.15, -0.1) is 0 Å². The third-order valence-electron chi connectivity index (χ3n) is 3.82.